The van der Waals surface area contributed by atoms with Crippen molar-refractivity contribution in [2.45, 2.75) is 44.4 Å². The largest absolute Gasteiger partial charge is 0.397 e. The van der Waals surface area contributed by atoms with E-state index in [2.05, 4.69) is 24.3 Å². The Labute approximate surface area is 132 Å². The Hall–Kier alpha value is -0.246. The van der Waals surface area contributed by atoms with Crippen molar-refractivity contribution in [3.05, 3.63) is 24.3 Å². The molecule has 0 spiro atoms. The zero-order valence-electron chi connectivity index (χ0n) is 14.5. The summed E-state index contributed by atoms with van der Waals surface area (Å²) in [6, 6.07) is 3.70. The Morgan fingerprint density at radius 1 is 0.667 bits per heavy atom. The first-order valence-electron chi connectivity index (χ1n) is 7.50. The van der Waals surface area contributed by atoms with Gasteiger partial charge in [-0.05, 0) is 32.4 Å². The fourth-order valence-electron chi connectivity index (χ4n) is 2.33. The van der Waals surface area contributed by atoms with Gasteiger partial charge in [0, 0.05) is 40.5 Å². The van der Waals surface area contributed by atoms with E-state index in [1.165, 1.54) is 0 Å². The molecule has 0 aromatic heterocycles. The molecule has 0 unspecified atom stereocenters. The van der Waals surface area contributed by atoms with E-state index in [1.54, 1.807) is 28.4 Å². The predicted molar refractivity (Wildman–Crippen MR) is 93.0 cm³/mol. The molecule has 0 aliphatic heterocycles. The van der Waals surface area contributed by atoms with Gasteiger partial charge in [-0.1, -0.05) is 24.3 Å². The highest BCUT2D eigenvalue weighted by Crippen LogP contribution is 2.27. The van der Waals surface area contributed by atoms with Gasteiger partial charge in [0.15, 0.2) is 0 Å². The number of rotatable bonds is 12. The van der Waals surface area contributed by atoms with Crippen molar-refractivity contribution < 1.29 is 17.7 Å². The first-order valence-corrected chi connectivity index (χ1v) is 12.0. The van der Waals surface area contributed by atoms with Gasteiger partial charge in [-0.2, -0.15) is 0 Å². The van der Waals surface area contributed by atoms with Crippen LogP contribution in [-0.2, 0) is 17.7 Å². The summed E-state index contributed by atoms with van der Waals surface area (Å²) in [5.41, 5.74) is 0. The average molecular weight is 333 g/mol. The minimum Gasteiger partial charge on any atom is -0.397 e. The van der Waals surface area contributed by atoms with Crippen molar-refractivity contribution in [2.24, 2.45) is 0 Å². The third kappa shape index (κ3) is 7.03. The summed E-state index contributed by atoms with van der Waals surface area (Å²) < 4.78 is 23.0. The third-order valence-electron chi connectivity index (χ3n) is 3.93. The monoisotopic (exact) mass is 332 g/mol. The van der Waals surface area contributed by atoms with E-state index >= 15 is 0 Å². The number of hydrogen-bond acceptors (Lipinski definition) is 4. The lowest BCUT2D eigenvalue weighted by atomic mass is 10.6. The lowest BCUT2D eigenvalue weighted by Crippen LogP contribution is -2.42. The molecule has 0 atom stereocenters. The molecule has 0 aliphatic rings. The fourth-order valence-corrected chi connectivity index (χ4v) is 7.53. The maximum absolute atomic E-state index is 5.74. The standard InChI is InChI=1S/C15H32O4Si2/c1-7-9-12-20(16-3,17-4)14-11-15-21(18-5,19-6)13-10-8-2/h7-10H,11-15H2,1-6H3. The van der Waals surface area contributed by atoms with Gasteiger partial charge in [0.25, 0.3) is 0 Å². The second-order valence-corrected chi connectivity index (χ2v) is 12.1. The van der Waals surface area contributed by atoms with Gasteiger partial charge >= 0.3 is 17.1 Å². The second-order valence-electron chi connectivity index (χ2n) is 5.04. The molecule has 0 aliphatic carbocycles. The number of allylic oxidation sites excluding steroid dienone is 4. The Kier molecular flexibility index (Phi) is 11.2. The molecular weight excluding hydrogens is 300 g/mol. The highest BCUT2D eigenvalue weighted by atomic mass is 28.4. The Morgan fingerprint density at radius 3 is 1.24 bits per heavy atom. The number of hydrogen-bond donors (Lipinski definition) is 0. The molecule has 0 N–H and O–H groups in total. The van der Waals surface area contributed by atoms with Crippen LogP contribution in [0.25, 0.3) is 0 Å². The quantitative estimate of drug-likeness (QED) is 0.400. The van der Waals surface area contributed by atoms with Crippen LogP contribution in [0, 0.1) is 0 Å². The van der Waals surface area contributed by atoms with E-state index in [0.29, 0.717) is 0 Å². The van der Waals surface area contributed by atoms with Crippen LogP contribution in [0.2, 0.25) is 24.2 Å². The Bertz CT molecular complexity index is 281. The summed E-state index contributed by atoms with van der Waals surface area (Å²) in [6.45, 7) is 4.05. The highest BCUT2D eigenvalue weighted by molar-refractivity contribution is 6.69. The molecule has 0 aromatic carbocycles. The molecule has 0 heterocycles. The first-order chi connectivity index (χ1) is 10.1. The van der Waals surface area contributed by atoms with E-state index in [0.717, 1.165) is 30.6 Å². The minimum atomic E-state index is -2.11. The topological polar surface area (TPSA) is 36.9 Å². The van der Waals surface area contributed by atoms with Crippen LogP contribution < -0.4 is 0 Å². The van der Waals surface area contributed by atoms with Crippen molar-refractivity contribution in [3.8, 4) is 0 Å². The van der Waals surface area contributed by atoms with Crippen molar-refractivity contribution in [3.63, 3.8) is 0 Å². The van der Waals surface area contributed by atoms with Gasteiger partial charge in [0.05, 0.1) is 0 Å². The minimum absolute atomic E-state index is 0.889. The molecule has 0 fully saturated rings. The van der Waals surface area contributed by atoms with Crippen LogP contribution in [0.3, 0.4) is 0 Å². The van der Waals surface area contributed by atoms with Crippen LogP contribution in [0.5, 0.6) is 0 Å². The van der Waals surface area contributed by atoms with E-state index < -0.39 is 17.1 Å². The molecule has 0 bridgehead atoms. The van der Waals surface area contributed by atoms with Crippen molar-refractivity contribution in [1.82, 2.24) is 0 Å². The van der Waals surface area contributed by atoms with Gasteiger partial charge in [-0.3, -0.25) is 0 Å². The summed E-state index contributed by atoms with van der Waals surface area (Å²) in [5.74, 6) is 0. The van der Waals surface area contributed by atoms with E-state index in [1.807, 2.05) is 13.8 Å². The van der Waals surface area contributed by atoms with Crippen molar-refractivity contribution in [2.75, 3.05) is 28.4 Å². The van der Waals surface area contributed by atoms with Crippen LogP contribution in [0.4, 0.5) is 0 Å². The Balaban J connectivity index is 4.64. The lowest BCUT2D eigenvalue weighted by molar-refractivity contribution is 0.236. The van der Waals surface area contributed by atoms with Gasteiger partial charge in [0.1, 0.15) is 0 Å². The molecule has 21 heavy (non-hydrogen) atoms. The SMILES string of the molecule is CC=CC[Si](CCC[Si](CC=CC)(OC)OC)(OC)OC. The van der Waals surface area contributed by atoms with E-state index in [9.17, 15) is 0 Å². The third-order valence-corrected chi connectivity index (χ3v) is 10.9. The lowest BCUT2D eigenvalue weighted by Gasteiger charge is -2.30. The summed E-state index contributed by atoms with van der Waals surface area (Å²) in [6.07, 6.45) is 9.38. The highest BCUT2D eigenvalue weighted by Gasteiger charge is 2.38. The summed E-state index contributed by atoms with van der Waals surface area (Å²) in [4.78, 5) is 0. The molecule has 6 heteroatoms. The molecule has 0 aromatic rings. The van der Waals surface area contributed by atoms with Crippen LogP contribution in [0.1, 0.15) is 20.3 Å². The zero-order chi connectivity index (χ0) is 16.2. The van der Waals surface area contributed by atoms with Gasteiger partial charge < -0.3 is 17.7 Å². The van der Waals surface area contributed by atoms with Crippen molar-refractivity contribution >= 4 is 17.1 Å². The summed E-state index contributed by atoms with van der Waals surface area (Å²) in [7, 11) is 2.81. The molecule has 0 rings (SSSR count). The molecule has 4 nitrogen and oxygen atoms in total. The van der Waals surface area contributed by atoms with E-state index in [-0.39, 0.29) is 0 Å². The molecule has 0 saturated heterocycles. The maximum atomic E-state index is 5.74. The van der Waals surface area contributed by atoms with Crippen LogP contribution in [0.15, 0.2) is 24.3 Å². The maximum Gasteiger partial charge on any atom is 0.341 e. The van der Waals surface area contributed by atoms with Crippen molar-refractivity contribution in [1.29, 1.82) is 0 Å². The predicted octanol–water partition coefficient (Wildman–Crippen LogP) is 4.00. The molecule has 124 valence electrons. The first kappa shape index (κ1) is 20.8. The molecular formula is C15H32O4Si2. The summed E-state index contributed by atoms with van der Waals surface area (Å²) in [5, 5.41) is 0. The van der Waals surface area contributed by atoms with Gasteiger partial charge in [0.2, 0.25) is 0 Å². The van der Waals surface area contributed by atoms with Gasteiger partial charge in [-0.15, -0.1) is 0 Å². The van der Waals surface area contributed by atoms with Crippen LogP contribution in [-0.4, -0.2) is 45.6 Å². The molecule has 0 amide bonds. The summed E-state index contributed by atoms with van der Waals surface area (Å²) >= 11 is 0. The fraction of sp³-hybridized carbons (Fsp3) is 0.733. The van der Waals surface area contributed by atoms with Gasteiger partial charge in [-0.25, -0.2) is 0 Å². The van der Waals surface area contributed by atoms with Crippen LogP contribution >= 0.6 is 0 Å². The Morgan fingerprint density at radius 2 is 1.00 bits per heavy atom. The average Bonchev–Trinajstić information content (AvgIpc) is 2.54. The second kappa shape index (κ2) is 11.3. The molecule has 0 radical (unpaired) electrons. The van der Waals surface area contributed by atoms with E-state index in [4.69, 9.17) is 17.7 Å². The smallest absolute Gasteiger partial charge is 0.341 e. The zero-order valence-corrected chi connectivity index (χ0v) is 16.5. The normalized spacial score (nSPS) is 13.6. The molecule has 0 saturated carbocycles.